The summed E-state index contributed by atoms with van der Waals surface area (Å²) < 4.78 is 10.6. The molecule has 1 atom stereocenters. The molecule has 0 fully saturated rings. The van der Waals surface area contributed by atoms with Crippen LogP contribution < -0.4 is 14.8 Å². The van der Waals surface area contributed by atoms with Crippen LogP contribution in [0.2, 0.25) is 0 Å². The number of hydrogen-bond donors (Lipinski definition) is 1. The first-order valence-corrected chi connectivity index (χ1v) is 12.2. The van der Waals surface area contributed by atoms with Gasteiger partial charge in [0.05, 0.1) is 24.9 Å². The molecule has 4 rings (SSSR count). The first-order chi connectivity index (χ1) is 15.9. The summed E-state index contributed by atoms with van der Waals surface area (Å²) in [7, 11) is 3.14. The third kappa shape index (κ3) is 4.82. The van der Waals surface area contributed by atoms with Gasteiger partial charge in [0.1, 0.15) is 16.2 Å². The highest BCUT2D eigenvalue weighted by atomic mass is 32.2. The van der Waals surface area contributed by atoms with Gasteiger partial charge in [-0.05, 0) is 49.6 Å². The molecule has 1 amide bonds. The molecule has 2 aromatic heterocycles. The van der Waals surface area contributed by atoms with E-state index in [9.17, 15) is 4.79 Å². The molecule has 0 spiro atoms. The number of benzene rings is 2. The number of aryl methyl sites for hydroxylation is 2. The molecular weight excluding hydrogens is 454 g/mol. The summed E-state index contributed by atoms with van der Waals surface area (Å²) in [6.45, 7) is 6.09. The Balaban J connectivity index is 1.59. The number of carbonyl (C=O) groups excluding carboxylic acids is 1. The molecule has 1 unspecified atom stereocenters. The SMILES string of the molecule is COc1ccc(NC(=O)C(C)Sc2ncnc3scc(-c4ccc(C)c(C)c4)c23)cc1OC. The van der Waals surface area contributed by atoms with Crippen LogP contribution in [0.1, 0.15) is 18.1 Å². The summed E-state index contributed by atoms with van der Waals surface area (Å²) in [6.07, 6.45) is 1.56. The summed E-state index contributed by atoms with van der Waals surface area (Å²) >= 11 is 3.01. The Labute approximate surface area is 201 Å². The lowest BCUT2D eigenvalue weighted by Gasteiger charge is -2.14. The predicted octanol–water partition coefficient (Wildman–Crippen LogP) is 6.11. The molecule has 170 valence electrons. The molecule has 0 radical (unpaired) electrons. The van der Waals surface area contributed by atoms with Gasteiger partial charge < -0.3 is 14.8 Å². The maximum Gasteiger partial charge on any atom is 0.237 e. The van der Waals surface area contributed by atoms with Gasteiger partial charge in [0.15, 0.2) is 11.5 Å². The molecular formula is C25H25N3O3S2. The van der Waals surface area contributed by atoms with Gasteiger partial charge in [-0.15, -0.1) is 11.3 Å². The highest BCUT2D eigenvalue weighted by Gasteiger charge is 2.20. The molecule has 4 aromatic rings. The number of methoxy groups -OCH3 is 2. The zero-order chi connectivity index (χ0) is 23.5. The van der Waals surface area contributed by atoms with Crippen molar-refractivity contribution in [1.29, 1.82) is 0 Å². The number of nitrogens with one attached hydrogen (secondary N) is 1. The fourth-order valence-corrected chi connectivity index (χ4v) is 5.35. The number of amides is 1. The summed E-state index contributed by atoms with van der Waals surface area (Å²) in [5, 5.41) is 6.48. The van der Waals surface area contributed by atoms with E-state index in [1.807, 2.05) is 6.92 Å². The number of anilines is 1. The maximum absolute atomic E-state index is 12.9. The number of ether oxygens (including phenoxy) is 2. The highest BCUT2D eigenvalue weighted by Crippen LogP contribution is 2.39. The number of rotatable bonds is 7. The van der Waals surface area contributed by atoms with Gasteiger partial charge in [0.25, 0.3) is 0 Å². The Morgan fingerprint density at radius 1 is 1.03 bits per heavy atom. The third-order valence-corrected chi connectivity index (χ3v) is 7.45. The summed E-state index contributed by atoms with van der Waals surface area (Å²) in [5.74, 6) is 1.05. The molecule has 1 N–H and O–H groups in total. The average Bonchev–Trinajstić information content (AvgIpc) is 3.26. The molecule has 0 aliphatic rings. The quantitative estimate of drug-likeness (QED) is 0.255. The zero-order valence-corrected chi connectivity index (χ0v) is 20.8. The number of nitrogens with zero attached hydrogens (tertiary/aromatic N) is 2. The smallest absolute Gasteiger partial charge is 0.237 e. The average molecular weight is 480 g/mol. The van der Waals surface area contributed by atoms with Crippen molar-refractivity contribution in [3.63, 3.8) is 0 Å². The summed E-state index contributed by atoms with van der Waals surface area (Å²) in [4.78, 5) is 22.8. The van der Waals surface area contributed by atoms with Crippen LogP contribution in [-0.2, 0) is 4.79 Å². The van der Waals surface area contributed by atoms with Crippen LogP contribution >= 0.6 is 23.1 Å². The Hall–Kier alpha value is -3.10. The lowest BCUT2D eigenvalue weighted by atomic mass is 10.0. The monoisotopic (exact) mass is 479 g/mol. The van der Waals surface area contributed by atoms with Gasteiger partial charge in [-0.25, -0.2) is 9.97 Å². The molecule has 33 heavy (non-hydrogen) atoms. The molecule has 2 aromatic carbocycles. The van der Waals surface area contributed by atoms with Crippen LogP contribution in [0.25, 0.3) is 21.3 Å². The first kappa shape index (κ1) is 23.1. The summed E-state index contributed by atoms with van der Waals surface area (Å²) in [5.41, 5.74) is 5.35. The van der Waals surface area contributed by atoms with E-state index in [2.05, 4.69) is 52.7 Å². The minimum Gasteiger partial charge on any atom is -0.493 e. The minimum atomic E-state index is -0.372. The molecule has 0 saturated heterocycles. The fraction of sp³-hybridized carbons (Fsp3) is 0.240. The summed E-state index contributed by atoms with van der Waals surface area (Å²) in [6, 6.07) is 11.7. The van der Waals surface area contributed by atoms with Gasteiger partial charge in [-0.3, -0.25) is 4.79 Å². The van der Waals surface area contributed by atoms with E-state index in [1.165, 1.54) is 22.9 Å². The second kappa shape index (κ2) is 9.80. The van der Waals surface area contributed by atoms with E-state index in [0.717, 1.165) is 26.4 Å². The Bertz CT molecular complexity index is 1320. The van der Waals surface area contributed by atoms with Gasteiger partial charge in [0, 0.05) is 22.7 Å². The lowest BCUT2D eigenvalue weighted by Crippen LogP contribution is -2.22. The van der Waals surface area contributed by atoms with Gasteiger partial charge in [-0.1, -0.05) is 30.0 Å². The van der Waals surface area contributed by atoms with E-state index in [-0.39, 0.29) is 11.2 Å². The van der Waals surface area contributed by atoms with E-state index in [0.29, 0.717) is 17.2 Å². The number of aromatic nitrogens is 2. The Kier molecular flexibility index (Phi) is 6.85. The largest absolute Gasteiger partial charge is 0.493 e. The number of thioether (sulfide) groups is 1. The minimum absolute atomic E-state index is 0.123. The normalized spacial score (nSPS) is 11.9. The molecule has 8 heteroatoms. The lowest BCUT2D eigenvalue weighted by molar-refractivity contribution is -0.115. The van der Waals surface area contributed by atoms with Gasteiger partial charge in [-0.2, -0.15) is 0 Å². The van der Waals surface area contributed by atoms with Crippen LogP contribution in [0.3, 0.4) is 0 Å². The van der Waals surface area contributed by atoms with Crippen LogP contribution in [0, 0.1) is 13.8 Å². The maximum atomic E-state index is 12.9. The van der Waals surface area contributed by atoms with E-state index >= 15 is 0 Å². The molecule has 2 heterocycles. The van der Waals surface area contributed by atoms with E-state index in [1.54, 1.807) is 50.1 Å². The molecule has 0 bridgehead atoms. The highest BCUT2D eigenvalue weighted by molar-refractivity contribution is 8.00. The third-order valence-electron chi connectivity index (χ3n) is 5.46. The van der Waals surface area contributed by atoms with E-state index in [4.69, 9.17) is 9.47 Å². The van der Waals surface area contributed by atoms with Gasteiger partial charge in [0.2, 0.25) is 5.91 Å². The van der Waals surface area contributed by atoms with Crippen molar-refractivity contribution in [3.05, 3.63) is 59.2 Å². The van der Waals surface area contributed by atoms with E-state index < -0.39 is 0 Å². The zero-order valence-electron chi connectivity index (χ0n) is 19.1. The number of hydrogen-bond acceptors (Lipinski definition) is 7. The van der Waals surface area contributed by atoms with Crippen LogP contribution in [0.4, 0.5) is 5.69 Å². The van der Waals surface area contributed by atoms with Crippen LogP contribution in [0.15, 0.2) is 53.1 Å². The second-order valence-electron chi connectivity index (χ2n) is 7.63. The first-order valence-electron chi connectivity index (χ1n) is 10.4. The van der Waals surface area contributed by atoms with Crippen molar-refractivity contribution in [3.8, 4) is 22.6 Å². The van der Waals surface area contributed by atoms with Gasteiger partial charge >= 0.3 is 0 Å². The molecule has 6 nitrogen and oxygen atoms in total. The number of thiophene rings is 1. The van der Waals surface area contributed by atoms with Crippen LogP contribution in [0.5, 0.6) is 11.5 Å². The second-order valence-corrected chi connectivity index (χ2v) is 9.81. The standard InChI is InChI=1S/C25H25N3O3S2/c1-14-6-7-17(10-15(14)2)19-12-32-24-22(19)25(27-13-26-24)33-16(3)23(29)28-18-8-9-20(30-4)21(11-18)31-5/h6-13,16H,1-5H3,(H,28,29). The van der Waals surface area contributed by atoms with Crippen molar-refractivity contribution in [2.45, 2.75) is 31.0 Å². The van der Waals surface area contributed by atoms with Crippen molar-refractivity contribution >= 4 is 44.9 Å². The van der Waals surface area contributed by atoms with Crippen molar-refractivity contribution in [2.75, 3.05) is 19.5 Å². The van der Waals surface area contributed by atoms with Crippen molar-refractivity contribution in [2.24, 2.45) is 0 Å². The molecule has 0 aliphatic heterocycles. The number of fused-ring (bicyclic) bond motifs is 1. The predicted molar refractivity (Wildman–Crippen MR) is 136 cm³/mol. The number of carbonyl (C=O) groups is 1. The van der Waals surface area contributed by atoms with Crippen molar-refractivity contribution < 1.29 is 14.3 Å². The Morgan fingerprint density at radius 3 is 2.55 bits per heavy atom. The topological polar surface area (TPSA) is 73.3 Å². The molecule has 0 saturated carbocycles. The molecule has 0 aliphatic carbocycles. The fourth-order valence-electron chi connectivity index (χ4n) is 3.44. The van der Waals surface area contributed by atoms with Crippen molar-refractivity contribution in [1.82, 2.24) is 9.97 Å². The van der Waals surface area contributed by atoms with Crippen LogP contribution in [-0.4, -0.2) is 35.3 Å². The Morgan fingerprint density at radius 2 is 1.82 bits per heavy atom.